The van der Waals surface area contributed by atoms with Crippen LogP contribution < -0.4 is 0 Å². The van der Waals surface area contributed by atoms with Gasteiger partial charge in [0, 0.05) is 0 Å². The summed E-state index contributed by atoms with van der Waals surface area (Å²) in [5.74, 6) is 0. The van der Waals surface area contributed by atoms with E-state index in [1.807, 2.05) is 0 Å². The Hall–Kier alpha value is 0.454. The van der Waals surface area contributed by atoms with E-state index in [0.717, 1.165) is 0 Å². The molecule has 0 radical (unpaired) electrons. The molecule has 0 nitrogen and oxygen atoms in total. The van der Waals surface area contributed by atoms with E-state index in [1.165, 1.54) is 6.42 Å². The zero-order chi connectivity index (χ0) is 5.91. The summed E-state index contributed by atoms with van der Waals surface area (Å²) in [6.07, 6.45) is 1.19. The molecule has 0 unspecified atom stereocenters. The van der Waals surface area contributed by atoms with Crippen LogP contribution in [0.5, 0.6) is 0 Å². The van der Waals surface area contributed by atoms with Gasteiger partial charge >= 0.3 is 54.3 Å². The maximum atomic E-state index is 2.49. The third kappa shape index (κ3) is 6.45. The summed E-state index contributed by atoms with van der Waals surface area (Å²) in [5.41, 5.74) is 0.479. The van der Waals surface area contributed by atoms with Crippen molar-refractivity contribution in [2.45, 2.75) is 27.2 Å². The number of hydrogen-bond donors (Lipinski definition) is 0. The molecule has 0 saturated heterocycles. The SMILES string of the molecule is CC(C)(C)C[CH]=[V]. The molecule has 0 aromatic carbocycles. The van der Waals surface area contributed by atoms with Crippen molar-refractivity contribution in [2.24, 2.45) is 5.41 Å². The fourth-order valence-corrected chi connectivity index (χ4v) is 1.13. The van der Waals surface area contributed by atoms with Crippen molar-refractivity contribution >= 4 is 4.73 Å². The van der Waals surface area contributed by atoms with E-state index in [2.05, 4.69) is 42.5 Å². The summed E-state index contributed by atoms with van der Waals surface area (Å²) >= 11 is 2.49. The van der Waals surface area contributed by atoms with Gasteiger partial charge in [0.1, 0.15) is 0 Å². The monoisotopic (exact) mass is 135 g/mol. The van der Waals surface area contributed by atoms with Crippen LogP contribution in [0.25, 0.3) is 0 Å². The van der Waals surface area contributed by atoms with E-state index in [9.17, 15) is 0 Å². The molecular formula is C6H12V. The zero-order valence-electron chi connectivity index (χ0n) is 5.23. The Balaban J connectivity index is 3.34. The molecular weight excluding hydrogens is 123 g/mol. The van der Waals surface area contributed by atoms with Crippen LogP contribution in [0.2, 0.25) is 0 Å². The van der Waals surface area contributed by atoms with Crippen molar-refractivity contribution in [3.05, 3.63) is 0 Å². The molecule has 7 heavy (non-hydrogen) atoms. The fraction of sp³-hybridized carbons (Fsp3) is 0.833. The summed E-state index contributed by atoms with van der Waals surface area (Å²) in [6, 6.07) is 0. The third-order valence-corrected chi connectivity index (χ3v) is 0.989. The van der Waals surface area contributed by atoms with Gasteiger partial charge in [-0.25, -0.2) is 0 Å². The van der Waals surface area contributed by atoms with E-state index in [4.69, 9.17) is 0 Å². The number of hydrogen-bond acceptors (Lipinski definition) is 0. The van der Waals surface area contributed by atoms with Crippen molar-refractivity contribution in [3.63, 3.8) is 0 Å². The molecule has 0 amide bonds. The predicted molar refractivity (Wildman–Crippen MR) is 30.1 cm³/mol. The predicted octanol–water partition coefficient (Wildman–Crippen LogP) is 1.77. The molecule has 0 heterocycles. The molecule has 0 atom stereocenters. The van der Waals surface area contributed by atoms with Crippen molar-refractivity contribution in [1.82, 2.24) is 0 Å². The Labute approximate surface area is 54.8 Å². The molecule has 1 heteroatoms. The van der Waals surface area contributed by atoms with Gasteiger partial charge in [0.25, 0.3) is 0 Å². The number of rotatable bonds is 1. The van der Waals surface area contributed by atoms with Crippen LogP contribution in [0, 0.1) is 5.41 Å². The Morgan fingerprint density at radius 2 is 1.86 bits per heavy atom. The first kappa shape index (κ1) is 7.45. The first-order valence-electron chi connectivity index (χ1n) is 2.52. The molecule has 0 bridgehead atoms. The summed E-state index contributed by atoms with van der Waals surface area (Å²) in [7, 11) is 0. The average molecular weight is 135 g/mol. The molecule has 0 saturated carbocycles. The second kappa shape index (κ2) is 2.69. The van der Waals surface area contributed by atoms with Gasteiger partial charge in [0.15, 0.2) is 0 Å². The van der Waals surface area contributed by atoms with Gasteiger partial charge in [-0.05, 0) is 0 Å². The molecule has 0 aliphatic heterocycles. The standard InChI is InChI=1S/C6H12.V/c1-5-6(2,3)4;/h1H,5H2,2-4H3;. The van der Waals surface area contributed by atoms with Gasteiger partial charge in [-0.2, -0.15) is 0 Å². The molecule has 0 fully saturated rings. The van der Waals surface area contributed by atoms with E-state index >= 15 is 0 Å². The van der Waals surface area contributed by atoms with Crippen molar-refractivity contribution in [3.8, 4) is 0 Å². The minimum absolute atomic E-state index is 0.479. The van der Waals surface area contributed by atoms with E-state index in [1.54, 1.807) is 0 Å². The van der Waals surface area contributed by atoms with Crippen LogP contribution in [0.4, 0.5) is 0 Å². The van der Waals surface area contributed by atoms with Crippen LogP contribution in [0.15, 0.2) is 0 Å². The zero-order valence-corrected chi connectivity index (χ0v) is 6.63. The van der Waals surface area contributed by atoms with Crippen LogP contribution in [0.3, 0.4) is 0 Å². The molecule has 0 aromatic heterocycles. The summed E-state index contributed by atoms with van der Waals surface area (Å²) in [5, 5.41) is 0. The van der Waals surface area contributed by atoms with Crippen molar-refractivity contribution in [1.29, 1.82) is 0 Å². The summed E-state index contributed by atoms with van der Waals surface area (Å²) in [6.45, 7) is 6.70. The Morgan fingerprint density at radius 1 is 1.43 bits per heavy atom. The second-order valence-corrected chi connectivity index (χ2v) is 3.52. The maximum absolute atomic E-state index is 2.49. The average Bonchev–Trinajstić information content (AvgIpc) is 1.30. The van der Waals surface area contributed by atoms with E-state index in [-0.39, 0.29) is 0 Å². The van der Waals surface area contributed by atoms with Crippen LogP contribution in [-0.2, 0) is 17.0 Å². The Kier molecular flexibility index (Phi) is 2.86. The molecule has 0 rings (SSSR count). The Morgan fingerprint density at radius 3 is 1.86 bits per heavy atom. The van der Waals surface area contributed by atoms with Gasteiger partial charge in [-0.3, -0.25) is 0 Å². The molecule has 0 spiro atoms. The van der Waals surface area contributed by atoms with Gasteiger partial charge in [-0.15, -0.1) is 0 Å². The first-order chi connectivity index (χ1) is 3.06. The second-order valence-electron chi connectivity index (χ2n) is 2.95. The molecule has 0 aliphatic rings. The minimum atomic E-state index is 0.479. The normalized spacial score (nSPS) is 11.1. The van der Waals surface area contributed by atoms with Gasteiger partial charge in [0.05, 0.1) is 0 Å². The Bertz CT molecular complexity index is 59.1. The topological polar surface area (TPSA) is 0 Å². The molecule has 0 N–H and O–H groups in total. The summed E-state index contributed by atoms with van der Waals surface area (Å²) < 4.78 is 2.15. The van der Waals surface area contributed by atoms with Crippen molar-refractivity contribution < 1.29 is 17.0 Å². The van der Waals surface area contributed by atoms with E-state index in [0.29, 0.717) is 5.41 Å². The quantitative estimate of drug-likeness (QED) is 0.514. The van der Waals surface area contributed by atoms with Crippen LogP contribution in [0.1, 0.15) is 27.2 Å². The molecule has 0 aliphatic carbocycles. The molecule has 41 valence electrons. The summed E-state index contributed by atoms with van der Waals surface area (Å²) in [4.78, 5) is 0. The first-order valence-corrected chi connectivity index (χ1v) is 3.33. The van der Waals surface area contributed by atoms with Crippen LogP contribution in [-0.4, -0.2) is 4.73 Å². The van der Waals surface area contributed by atoms with Gasteiger partial charge < -0.3 is 0 Å². The molecule has 0 aromatic rings. The van der Waals surface area contributed by atoms with Crippen molar-refractivity contribution in [2.75, 3.05) is 0 Å². The van der Waals surface area contributed by atoms with E-state index < -0.39 is 0 Å². The third-order valence-electron chi connectivity index (χ3n) is 0.704. The van der Waals surface area contributed by atoms with Gasteiger partial charge in [0.2, 0.25) is 0 Å². The van der Waals surface area contributed by atoms with Gasteiger partial charge in [-0.1, -0.05) is 0 Å². The fourth-order valence-electron chi connectivity index (χ4n) is 0.274. The van der Waals surface area contributed by atoms with Crippen LogP contribution >= 0.6 is 0 Å².